The Balaban J connectivity index is 1.53. The first-order valence-electron chi connectivity index (χ1n) is 9.14. The fourth-order valence-electron chi connectivity index (χ4n) is 2.92. The Morgan fingerprint density at radius 2 is 1.90 bits per heavy atom. The largest absolute Gasteiger partial charge is 0.493 e. The van der Waals surface area contributed by atoms with Crippen LogP contribution in [0.4, 0.5) is 5.82 Å². The van der Waals surface area contributed by atoms with Gasteiger partial charge in [0.25, 0.3) is 5.91 Å². The normalized spacial score (nSPS) is 10.5. The second kappa shape index (κ2) is 9.05. The minimum atomic E-state index is -0.242. The van der Waals surface area contributed by atoms with Gasteiger partial charge in [-0.1, -0.05) is 6.07 Å². The minimum Gasteiger partial charge on any atom is -0.493 e. The van der Waals surface area contributed by atoms with Crippen LogP contribution in [0, 0.1) is 13.8 Å². The van der Waals surface area contributed by atoms with Crippen molar-refractivity contribution in [2.24, 2.45) is 0 Å². The summed E-state index contributed by atoms with van der Waals surface area (Å²) in [5.74, 6) is 1.94. The third-order valence-electron chi connectivity index (χ3n) is 4.24. The lowest BCUT2D eigenvalue weighted by Gasteiger charge is -2.13. The van der Waals surface area contributed by atoms with Crippen molar-refractivity contribution in [1.82, 2.24) is 25.3 Å². The SMILES string of the molecule is COc1cccc(C(=O)NCCNc2ccc(-n3nc(C)cc3C)nn2)c1OC. The first-order chi connectivity index (χ1) is 14.0. The van der Waals surface area contributed by atoms with Crippen LogP contribution in [0.25, 0.3) is 5.82 Å². The van der Waals surface area contributed by atoms with Gasteiger partial charge in [0.15, 0.2) is 17.3 Å². The van der Waals surface area contributed by atoms with Gasteiger partial charge in [-0.2, -0.15) is 5.10 Å². The number of carbonyl (C=O) groups excluding carboxylic acids is 1. The molecule has 0 aliphatic carbocycles. The van der Waals surface area contributed by atoms with Crippen LogP contribution in [0.3, 0.4) is 0 Å². The number of carbonyl (C=O) groups is 1. The van der Waals surface area contributed by atoms with Gasteiger partial charge in [-0.15, -0.1) is 10.2 Å². The van der Waals surface area contributed by atoms with Crippen LogP contribution in [-0.2, 0) is 0 Å². The molecule has 0 unspecified atom stereocenters. The van der Waals surface area contributed by atoms with Gasteiger partial charge in [-0.25, -0.2) is 4.68 Å². The summed E-state index contributed by atoms with van der Waals surface area (Å²) >= 11 is 0. The molecule has 1 amide bonds. The highest BCUT2D eigenvalue weighted by atomic mass is 16.5. The molecule has 0 bridgehead atoms. The van der Waals surface area contributed by atoms with Crippen LogP contribution in [-0.4, -0.2) is 53.2 Å². The van der Waals surface area contributed by atoms with Gasteiger partial charge < -0.3 is 20.1 Å². The molecule has 0 radical (unpaired) electrons. The molecule has 9 heteroatoms. The van der Waals surface area contributed by atoms with Crippen LogP contribution < -0.4 is 20.1 Å². The van der Waals surface area contributed by atoms with E-state index >= 15 is 0 Å². The summed E-state index contributed by atoms with van der Waals surface area (Å²) in [5, 5.41) is 18.7. The average Bonchev–Trinajstić information content (AvgIpc) is 3.08. The standard InChI is InChI=1S/C20H24N6O3/c1-13-12-14(2)26(25-13)18-9-8-17(23-24-18)21-10-11-22-20(27)15-6-5-7-16(28-3)19(15)29-4/h5-9,12H,10-11H2,1-4H3,(H,21,23)(H,22,27). The van der Waals surface area contributed by atoms with Gasteiger partial charge >= 0.3 is 0 Å². The number of para-hydroxylation sites is 1. The van der Waals surface area contributed by atoms with E-state index in [-0.39, 0.29) is 5.91 Å². The van der Waals surface area contributed by atoms with Crippen molar-refractivity contribution in [2.45, 2.75) is 13.8 Å². The van der Waals surface area contributed by atoms with Gasteiger partial charge in [0.1, 0.15) is 5.82 Å². The fourth-order valence-corrected chi connectivity index (χ4v) is 2.92. The van der Waals surface area contributed by atoms with E-state index in [4.69, 9.17) is 9.47 Å². The van der Waals surface area contributed by atoms with Crippen LogP contribution in [0.1, 0.15) is 21.7 Å². The molecule has 0 fully saturated rings. The Morgan fingerprint density at radius 3 is 2.52 bits per heavy atom. The van der Waals surface area contributed by atoms with Gasteiger partial charge in [-0.3, -0.25) is 4.79 Å². The third kappa shape index (κ3) is 4.63. The predicted octanol–water partition coefficient (Wildman–Crippen LogP) is 2.14. The van der Waals surface area contributed by atoms with E-state index in [1.807, 2.05) is 32.0 Å². The molecule has 9 nitrogen and oxygen atoms in total. The van der Waals surface area contributed by atoms with Crippen LogP contribution in [0.5, 0.6) is 11.5 Å². The van der Waals surface area contributed by atoms with E-state index in [1.165, 1.54) is 14.2 Å². The molecule has 3 aromatic rings. The summed E-state index contributed by atoms with van der Waals surface area (Å²) in [5.41, 5.74) is 2.34. The first kappa shape index (κ1) is 20.1. The zero-order valence-corrected chi connectivity index (χ0v) is 16.9. The molecular formula is C20H24N6O3. The smallest absolute Gasteiger partial charge is 0.255 e. The lowest BCUT2D eigenvalue weighted by molar-refractivity contribution is 0.0951. The Morgan fingerprint density at radius 1 is 1.07 bits per heavy atom. The van der Waals surface area contributed by atoms with E-state index in [0.717, 1.165) is 11.4 Å². The number of hydrogen-bond acceptors (Lipinski definition) is 7. The van der Waals surface area contributed by atoms with Crippen LogP contribution in [0.2, 0.25) is 0 Å². The average molecular weight is 396 g/mol. The lowest BCUT2D eigenvalue weighted by atomic mass is 10.1. The Bertz CT molecular complexity index is 984. The van der Waals surface area contributed by atoms with Gasteiger partial charge in [0.2, 0.25) is 0 Å². The number of benzene rings is 1. The Hall–Kier alpha value is -3.62. The number of methoxy groups -OCH3 is 2. The molecule has 0 aliphatic heterocycles. The second-order valence-electron chi connectivity index (χ2n) is 6.34. The quantitative estimate of drug-likeness (QED) is 0.562. The van der Waals surface area contributed by atoms with Crippen molar-refractivity contribution < 1.29 is 14.3 Å². The fraction of sp³-hybridized carbons (Fsp3) is 0.300. The topological polar surface area (TPSA) is 103 Å². The molecule has 3 rings (SSSR count). The van der Waals surface area contributed by atoms with Crippen molar-refractivity contribution in [2.75, 3.05) is 32.6 Å². The zero-order chi connectivity index (χ0) is 20.8. The second-order valence-corrected chi connectivity index (χ2v) is 6.34. The maximum atomic E-state index is 12.4. The molecule has 2 heterocycles. The number of amides is 1. The molecule has 0 saturated heterocycles. The molecular weight excluding hydrogens is 372 g/mol. The summed E-state index contributed by atoms with van der Waals surface area (Å²) in [6.45, 7) is 4.79. The van der Waals surface area contributed by atoms with Crippen molar-refractivity contribution in [3.63, 3.8) is 0 Å². The number of aryl methyl sites for hydroxylation is 2. The van der Waals surface area contributed by atoms with Gasteiger partial charge in [0.05, 0.1) is 25.5 Å². The molecule has 2 N–H and O–H groups in total. The van der Waals surface area contributed by atoms with Crippen molar-refractivity contribution in [3.8, 4) is 17.3 Å². The molecule has 152 valence electrons. The van der Waals surface area contributed by atoms with E-state index in [1.54, 1.807) is 22.9 Å². The highest BCUT2D eigenvalue weighted by Crippen LogP contribution is 2.30. The molecule has 0 saturated carbocycles. The highest BCUT2D eigenvalue weighted by molar-refractivity contribution is 5.97. The monoisotopic (exact) mass is 396 g/mol. The van der Waals surface area contributed by atoms with Gasteiger partial charge in [-0.05, 0) is 44.2 Å². The van der Waals surface area contributed by atoms with Crippen molar-refractivity contribution in [1.29, 1.82) is 0 Å². The summed E-state index contributed by atoms with van der Waals surface area (Å²) in [4.78, 5) is 12.4. The summed E-state index contributed by atoms with van der Waals surface area (Å²) in [6, 6.07) is 10.8. The summed E-state index contributed by atoms with van der Waals surface area (Å²) in [7, 11) is 3.04. The summed E-state index contributed by atoms with van der Waals surface area (Å²) in [6.07, 6.45) is 0. The van der Waals surface area contributed by atoms with Crippen molar-refractivity contribution >= 4 is 11.7 Å². The van der Waals surface area contributed by atoms with E-state index in [2.05, 4.69) is 25.9 Å². The number of rotatable bonds is 8. The van der Waals surface area contributed by atoms with Crippen molar-refractivity contribution in [3.05, 3.63) is 53.3 Å². The number of nitrogens with zero attached hydrogens (tertiary/aromatic N) is 4. The van der Waals surface area contributed by atoms with Crippen LogP contribution in [0.15, 0.2) is 36.4 Å². The number of aromatic nitrogens is 4. The molecule has 29 heavy (non-hydrogen) atoms. The van der Waals surface area contributed by atoms with Gasteiger partial charge in [0, 0.05) is 18.8 Å². The van der Waals surface area contributed by atoms with E-state index in [9.17, 15) is 4.79 Å². The Kier molecular flexibility index (Phi) is 6.28. The minimum absolute atomic E-state index is 0.242. The predicted molar refractivity (Wildman–Crippen MR) is 109 cm³/mol. The van der Waals surface area contributed by atoms with E-state index < -0.39 is 0 Å². The molecule has 1 aromatic carbocycles. The maximum absolute atomic E-state index is 12.4. The highest BCUT2D eigenvalue weighted by Gasteiger charge is 2.15. The molecule has 0 aliphatic rings. The number of ether oxygens (including phenoxy) is 2. The Labute approximate surface area is 169 Å². The molecule has 0 atom stereocenters. The molecule has 0 spiro atoms. The lowest BCUT2D eigenvalue weighted by Crippen LogP contribution is -2.29. The summed E-state index contributed by atoms with van der Waals surface area (Å²) < 4.78 is 12.3. The number of nitrogens with one attached hydrogen (secondary N) is 2. The number of anilines is 1. The molecule has 2 aromatic heterocycles. The van der Waals surface area contributed by atoms with E-state index in [0.29, 0.717) is 41.8 Å². The van der Waals surface area contributed by atoms with Crippen LogP contribution >= 0.6 is 0 Å². The number of hydrogen-bond donors (Lipinski definition) is 2. The third-order valence-corrected chi connectivity index (χ3v) is 4.24. The first-order valence-corrected chi connectivity index (χ1v) is 9.14. The zero-order valence-electron chi connectivity index (χ0n) is 16.9. The maximum Gasteiger partial charge on any atom is 0.255 e.